The largest absolute Gasteiger partial charge is 0.489 e. The van der Waals surface area contributed by atoms with Crippen molar-refractivity contribution in [2.75, 3.05) is 0 Å². The summed E-state index contributed by atoms with van der Waals surface area (Å²) in [6.45, 7) is 2.58. The third kappa shape index (κ3) is 4.59. The summed E-state index contributed by atoms with van der Waals surface area (Å²) in [4.78, 5) is 0. The van der Waals surface area contributed by atoms with E-state index in [0.717, 1.165) is 22.4 Å². The number of benzene rings is 3. The van der Waals surface area contributed by atoms with E-state index in [1.807, 2.05) is 91.9 Å². The van der Waals surface area contributed by atoms with Crippen molar-refractivity contribution < 1.29 is 4.74 Å². The van der Waals surface area contributed by atoms with Gasteiger partial charge in [0.25, 0.3) is 0 Å². The van der Waals surface area contributed by atoms with Crippen molar-refractivity contribution >= 4 is 11.6 Å². The Labute approximate surface area is 148 Å². The molecule has 3 rings (SSSR count). The fraction of sp³-hybridized carbons (Fsp3) is 0.0870. The van der Waals surface area contributed by atoms with Crippen LogP contribution < -0.4 is 4.74 Å². The summed E-state index contributed by atoms with van der Waals surface area (Å²) in [7, 11) is 0. The molecule has 0 unspecified atom stereocenters. The lowest BCUT2D eigenvalue weighted by molar-refractivity contribution is 0.306. The Morgan fingerprint density at radius 3 is 2.24 bits per heavy atom. The zero-order valence-corrected chi connectivity index (χ0v) is 14.1. The summed E-state index contributed by atoms with van der Waals surface area (Å²) < 4.78 is 5.79. The van der Waals surface area contributed by atoms with E-state index in [-0.39, 0.29) is 0 Å². The molecule has 122 valence electrons. The molecular weight excluding hydrogens is 306 g/mol. The first-order valence-electron chi connectivity index (χ1n) is 8.20. The molecule has 0 saturated heterocycles. The van der Waals surface area contributed by atoms with E-state index < -0.39 is 0 Å². The highest BCUT2D eigenvalue weighted by Gasteiger charge is 2.01. The molecule has 0 N–H and O–H groups in total. The molecule has 3 aromatic rings. The summed E-state index contributed by atoms with van der Waals surface area (Å²) in [6.07, 6.45) is 1.89. The fourth-order valence-electron chi connectivity index (χ4n) is 2.48. The third-order valence-electron chi connectivity index (χ3n) is 3.92. The van der Waals surface area contributed by atoms with Gasteiger partial charge in [-0.1, -0.05) is 72.3 Å². The molecule has 0 saturated carbocycles. The van der Waals surface area contributed by atoms with Crippen LogP contribution >= 0.6 is 0 Å². The molecule has 0 aliphatic carbocycles. The molecule has 0 aromatic heterocycles. The van der Waals surface area contributed by atoms with Crippen molar-refractivity contribution in [1.29, 1.82) is 5.26 Å². The van der Waals surface area contributed by atoms with Gasteiger partial charge in [-0.05, 0) is 41.8 Å². The van der Waals surface area contributed by atoms with Gasteiger partial charge in [0.1, 0.15) is 12.4 Å². The van der Waals surface area contributed by atoms with Crippen molar-refractivity contribution in [2.45, 2.75) is 13.5 Å². The monoisotopic (exact) mass is 325 g/mol. The molecule has 3 aromatic carbocycles. The summed E-state index contributed by atoms with van der Waals surface area (Å²) >= 11 is 0. The summed E-state index contributed by atoms with van der Waals surface area (Å²) in [5.74, 6) is 0.815. The maximum Gasteiger partial charge on any atom is 0.119 e. The van der Waals surface area contributed by atoms with Crippen LogP contribution in [0.1, 0.15) is 22.3 Å². The van der Waals surface area contributed by atoms with Crippen molar-refractivity contribution in [2.24, 2.45) is 0 Å². The van der Waals surface area contributed by atoms with Crippen LogP contribution in [0.5, 0.6) is 5.75 Å². The lowest BCUT2D eigenvalue weighted by Gasteiger charge is -2.06. The molecule has 2 nitrogen and oxygen atoms in total. The normalized spacial score (nSPS) is 11.0. The van der Waals surface area contributed by atoms with Crippen LogP contribution in [-0.2, 0) is 6.61 Å². The van der Waals surface area contributed by atoms with Gasteiger partial charge < -0.3 is 4.74 Å². The van der Waals surface area contributed by atoms with Crippen molar-refractivity contribution in [3.8, 4) is 11.8 Å². The Balaban J connectivity index is 1.71. The second-order valence-corrected chi connectivity index (χ2v) is 5.88. The van der Waals surface area contributed by atoms with Gasteiger partial charge >= 0.3 is 0 Å². The standard InChI is InChI=1S/C23H19NO/c1-18-7-11-21(12-8-18)22(16-24)15-19-9-13-23(14-10-19)25-17-20-5-3-2-4-6-20/h2-15H,17H2,1H3/b22-15-. The Morgan fingerprint density at radius 1 is 0.920 bits per heavy atom. The number of nitrogens with zero attached hydrogens (tertiary/aromatic N) is 1. The average Bonchev–Trinajstić information content (AvgIpc) is 2.67. The van der Waals surface area contributed by atoms with Crippen molar-refractivity contribution in [3.63, 3.8) is 0 Å². The number of aryl methyl sites for hydroxylation is 1. The Kier molecular flexibility index (Phi) is 5.29. The second-order valence-electron chi connectivity index (χ2n) is 5.88. The first-order chi connectivity index (χ1) is 12.2. The van der Waals surface area contributed by atoms with Crippen molar-refractivity contribution in [1.82, 2.24) is 0 Å². The van der Waals surface area contributed by atoms with Gasteiger partial charge in [-0.2, -0.15) is 5.26 Å². The number of ether oxygens (including phenoxy) is 1. The van der Waals surface area contributed by atoms with Crippen LogP contribution in [0.4, 0.5) is 0 Å². The van der Waals surface area contributed by atoms with Crippen LogP contribution in [0.3, 0.4) is 0 Å². The minimum absolute atomic E-state index is 0.544. The predicted octanol–water partition coefficient (Wildman–Crippen LogP) is 5.64. The van der Waals surface area contributed by atoms with Crippen molar-refractivity contribution in [3.05, 3.63) is 101 Å². The third-order valence-corrected chi connectivity index (χ3v) is 3.92. The first-order valence-corrected chi connectivity index (χ1v) is 8.20. The maximum absolute atomic E-state index is 9.43. The van der Waals surface area contributed by atoms with Gasteiger partial charge in [0, 0.05) is 0 Å². The molecule has 0 spiro atoms. The molecule has 0 heterocycles. The second kappa shape index (κ2) is 7.99. The lowest BCUT2D eigenvalue weighted by Crippen LogP contribution is -1.94. The molecule has 0 radical (unpaired) electrons. The van der Waals surface area contributed by atoms with E-state index in [1.165, 1.54) is 5.56 Å². The average molecular weight is 325 g/mol. The highest BCUT2D eigenvalue weighted by atomic mass is 16.5. The van der Waals surface area contributed by atoms with E-state index in [1.54, 1.807) is 0 Å². The van der Waals surface area contributed by atoms with Gasteiger partial charge in [0.15, 0.2) is 0 Å². The number of nitriles is 1. The predicted molar refractivity (Wildman–Crippen MR) is 102 cm³/mol. The topological polar surface area (TPSA) is 33.0 Å². The molecule has 0 aliphatic heterocycles. The number of rotatable bonds is 5. The lowest BCUT2D eigenvalue weighted by atomic mass is 10.0. The Hall–Kier alpha value is -3.31. The molecule has 0 fully saturated rings. The van der Waals surface area contributed by atoms with Gasteiger partial charge in [-0.15, -0.1) is 0 Å². The van der Waals surface area contributed by atoms with Crippen LogP contribution in [0, 0.1) is 18.3 Å². The molecule has 0 atom stereocenters. The van der Waals surface area contributed by atoms with E-state index >= 15 is 0 Å². The fourth-order valence-corrected chi connectivity index (χ4v) is 2.48. The molecule has 25 heavy (non-hydrogen) atoms. The zero-order chi connectivity index (χ0) is 17.5. The van der Waals surface area contributed by atoms with Gasteiger partial charge in [-0.3, -0.25) is 0 Å². The van der Waals surface area contributed by atoms with Gasteiger partial charge in [0.2, 0.25) is 0 Å². The van der Waals surface area contributed by atoms with Crippen LogP contribution in [0.25, 0.3) is 11.6 Å². The summed E-state index contributed by atoms with van der Waals surface area (Å²) in [6, 6.07) is 28.1. The van der Waals surface area contributed by atoms with E-state index in [4.69, 9.17) is 4.74 Å². The zero-order valence-electron chi connectivity index (χ0n) is 14.1. The van der Waals surface area contributed by atoms with E-state index in [2.05, 4.69) is 6.07 Å². The summed E-state index contributed by atoms with van der Waals surface area (Å²) in [5.41, 5.74) is 4.87. The maximum atomic E-state index is 9.43. The van der Waals surface area contributed by atoms with Gasteiger partial charge in [0.05, 0.1) is 11.6 Å². The first kappa shape index (κ1) is 16.5. The Bertz CT molecular complexity index is 886. The van der Waals surface area contributed by atoms with E-state index in [9.17, 15) is 5.26 Å². The number of hydrogen-bond donors (Lipinski definition) is 0. The highest BCUT2D eigenvalue weighted by molar-refractivity contribution is 5.89. The quantitative estimate of drug-likeness (QED) is 0.449. The molecule has 0 amide bonds. The number of allylic oxidation sites excluding steroid dienone is 1. The van der Waals surface area contributed by atoms with Crippen LogP contribution in [0.2, 0.25) is 0 Å². The SMILES string of the molecule is Cc1ccc(/C(C#N)=C\c2ccc(OCc3ccccc3)cc2)cc1. The molecule has 2 heteroatoms. The van der Waals surface area contributed by atoms with Crippen LogP contribution in [0.15, 0.2) is 78.9 Å². The molecule has 0 bridgehead atoms. The minimum Gasteiger partial charge on any atom is -0.489 e. The minimum atomic E-state index is 0.544. The van der Waals surface area contributed by atoms with Gasteiger partial charge in [-0.25, -0.2) is 0 Å². The number of hydrogen-bond acceptors (Lipinski definition) is 2. The highest BCUT2D eigenvalue weighted by Crippen LogP contribution is 2.20. The Morgan fingerprint density at radius 2 is 1.60 bits per heavy atom. The summed E-state index contributed by atoms with van der Waals surface area (Å²) in [5, 5.41) is 9.43. The van der Waals surface area contributed by atoms with E-state index in [0.29, 0.717) is 12.2 Å². The van der Waals surface area contributed by atoms with Crippen LogP contribution in [-0.4, -0.2) is 0 Å². The molecular formula is C23H19NO. The molecule has 0 aliphatic rings. The smallest absolute Gasteiger partial charge is 0.119 e.